The fourth-order valence-electron chi connectivity index (χ4n) is 0.419. The van der Waals surface area contributed by atoms with E-state index < -0.39 is 0 Å². The molecular weight excluding hydrogens is 265 g/mol. The predicted octanol–water partition coefficient (Wildman–Crippen LogP) is 2.00. The molecule has 0 unspecified atom stereocenters. The molecule has 4 heteroatoms. The molecule has 9 heavy (non-hydrogen) atoms. The summed E-state index contributed by atoms with van der Waals surface area (Å²) in [5, 5.41) is 1.95. The quantitative estimate of drug-likeness (QED) is 0.624. The molecule has 2 N–H and O–H groups in total. The van der Waals surface area contributed by atoms with Gasteiger partial charge in [0, 0.05) is 0 Å². The number of nitrogens with two attached hydrogens (primary N) is 1. The van der Waals surface area contributed by atoms with Crippen LogP contribution in [0, 0.1) is 0 Å². The van der Waals surface area contributed by atoms with E-state index in [0.29, 0.717) is 4.99 Å². The summed E-state index contributed by atoms with van der Waals surface area (Å²) in [7, 11) is 0. The summed E-state index contributed by atoms with van der Waals surface area (Å²) in [4.78, 5) is 1.47. The van der Waals surface area contributed by atoms with Crippen molar-refractivity contribution < 1.29 is 0 Å². The standard InChI is InChI=1S/C5H5NS2.HI/c6-5(7)4-2-1-3-8-4;/h1-3H,(H2,6,7);1H. The number of rotatable bonds is 1. The normalized spacial score (nSPS) is 8.00. The first-order valence-corrected chi connectivity index (χ1v) is 3.43. The Labute approximate surface area is 80.3 Å². The number of hydrogen-bond donors (Lipinski definition) is 1. The van der Waals surface area contributed by atoms with Crippen LogP contribution < -0.4 is 5.73 Å². The molecule has 0 aliphatic heterocycles. The molecule has 0 spiro atoms. The van der Waals surface area contributed by atoms with Crippen LogP contribution in [0.1, 0.15) is 4.88 Å². The van der Waals surface area contributed by atoms with Gasteiger partial charge in [0.15, 0.2) is 0 Å². The lowest BCUT2D eigenvalue weighted by Gasteiger charge is -1.84. The highest BCUT2D eigenvalue weighted by Gasteiger charge is 1.91. The van der Waals surface area contributed by atoms with Gasteiger partial charge >= 0.3 is 0 Å². The predicted molar refractivity (Wildman–Crippen MR) is 55.6 cm³/mol. The van der Waals surface area contributed by atoms with Crippen molar-refractivity contribution in [3.8, 4) is 0 Å². The van der Waals surface area contributed by atoms with Gasteiger partial charge in [0.1, 0.15) is 4.99 Å². The Kier molecular flexibility index (Phi) is 4.33. The minimum Gasteiger partial charge on any atom is -0.389 e. The summed E-state index contributed by atoms with van der Waals surface area (Å²) >= 11 is 6.27. The van der Waals surface area contributed by atoms with E-state index in [0.717, 1.165) is 4.88 Å². The van der Waals surface area contributed by atoms with Gasteiger partial charge in [-0.2, -0.15) is 0 Å². The van der Waals surface area contributed by atoms with Crippen LogP contribution in [0.15, 0.2) is 17.5 Å². The van der Waals surface area contributed by atoms with Crippen molar-refractivity contribution in [3.05, 3.63) is 22.4 Å². The Morgan fingerprint density at radius 1 is 1.67 bits per heavy atom. The summed E-state index contributed by atoms with van der Waals surface area (Å²) in [5.74, 6) is 0. The van der Waals surface area contributed by atoms with Crippen molar-refractivity contribution >= 4 is 52.5 Å². The molecule has 0 aliphatic rings. The SMILES string of the molecule is I.NC(=S)c1cccs1. The van der Waals surface area contributed by atoms with Crippen molar-refractivity contribution in [2.75, 3.05) is 0 Å². The molecule has 50 valence electrons. The molecule has 1 aromatic rings. The van der Waals surface area contributed by atoms with E-state index in [1.165, 1.54) is 0 Å². The van der Waals surface area contributed by atoms with Crippen LogP contribution in [0.4, 0.5) is 0 Å². The second-order valence-electron chi connectivity index (χ2n) is 1.34. The van der Waals surface area contributed by atoms with Gasteiger partial charge in [-0.25, -0.2) is 0 Å². The average Bonchev–Trinajstić information content (AvgIpc) is 2.12. The smallest absolute Gasteiger partial charge is 0.114 e. The Bertz CT molecular complexity index is 183. The highest BCUT2D eigenvalue weighted by Crippen LogP contribution is 2.06. The Balaban J connectivity index is 0.000000640. The second-order valence-corrected chi connectivity index (χ2v) is 2.73. The molecule has 0 saturated carbocycles. The molecule has 0 saturated heterocycles. The van der Waals surface area contributed by atoms with Crippen LogP contribution in [0.5, 0.6) is 0 Å². The van der Waals surface area contributed by atoms with Gasteiger partial charge in [-0.1, -0.05) is 18.3 Å². The molecule has 1 heterocycles. The van der Waals surface area contributed by atoms with E-state index in [1.807, 2.05) is 17.5 Å². The zero-order valence-corrected chi connectivity index (χ0v) is 8.50. The van der Waals surface area contributed by atoms with Gasteiger partial charge in [-0.05, 0) is 11.4 Å². The molecule has 0 amide bonds. The van der Waals surface area contributed by atoms with E-state index in [2.05, 4.69) is 0 Å². The lowest BCUT2D eigenvalue weighted by atomic mass is 10.5. The van der Waals surface area contributed by atoms with Gasteiger partial charge in [0.25, 0.3) is 0 Å². The van der Waals surface area contributed by atoms with Crippen LogP contribution in [-0.4, -0.2) is 4.99 Å². The first-order valence-electron chi connectivity index (χ1n) is 2.14. The summed E-state index contributed by atoms with van der Waals surface area (Å²) in [6.45, 7) is 0. The summed E-state index contributed by atoms with van der Waals surface area (Å²) < 4.78 is 0. The molecule has 1 rings (SSSR count). The topological polar surface area (TPSA) is 26.0 Å². The molecule has 0 atom stereocenters. The van der Waals surface area contributed by atoms with E-state index in [1.54, 1.807) is 11.3 Å². The number of thiocarbonyl (C=S) groups is 1. The lowest BCUT2D eigenvalue weighted by Crippen LogP contribution is -2.06. The van der Waals surface area contributed by atoms with Crippen molar-refractivity contribution in [2.45, 2.75) is 0 Å². The van der Waals surface area contributed by atoms with Crippen molar-refractivity contribution in [2.24, 2.45) is 5.73 Å². The van der Waals surface area contributed by atoms with Crippen LogP contribution in [-0.2, 0) is 0 Å². The van der Waals surface area contributed by atoms with E-state index >= 15 is 0 Å². The van der Waals surface area contributed by atoms with E-state index in [4.69, 9.17) is 18.0 Å². The van der Waals surface area contributed by atoms with Crippen molar-refractivity contribution in [1.29, 1.82) is 0 Å². The monoisotopic (exact) mass is 271 g/mol. The van der Waals surface area contributed by atoms with Crippen molar-refractivity contribution in [3.63, 3.8) is 0 Å². The molecule has 0 aromatic carbocycles. The number of thiophene rings is 1. The average molecular weight is 271 g/mol. The van der Waals surface area contributed by atoms with Gasteiger partial charge in [-0.15, -0.1) is 35.3 Å². The third kappa shape index (κ3) is 2.59. The minimum atomic E-state index is 0. The molecule has 0 fully saturated rings. The van der Waals surface area contributed by atoms with Gasteiger partial charge in [0.05, 0.1) is 4.88 Å². The van der Waals surface area contributed by atoms with E-state index in [9.17, 15) is 0 Å². The Hall–Kier alpha value is 0.320. The van der Waals surface area contributed by atoms with E-state index in [-0.39, 0.29) is 24.0 Å². The third-order valence-corrected chi connectivity index (χ3v) is 2.02. The molecule has 0 bridgehead atoms. The summed E-state index contributed by atoms with van der Waals surface area (Å²) in [6.07, 6.45) is 0. The van der Waals surface area contributed by atoms with Crippen LogP contribution in [0.25, 0.3) is 0 Å². The van der Waals surface area contributed by atoms with Crippen LogP contribution in [0.2, 0.25) is 0 Å². The number of halogens is 1. The third-order valence-electron chi connectivity index (χ3n) is 0.764. The molecule has 0 radical (unpaired) electrons. The first kappa shape index (κ1) is 9.32. The van der Waals surface area contributed by atoms with Gasteiger partial charge in [-0.3, -0.25) is 0 Å². The fourth-order valence-corrected chi connectivity index (χ4v) is 1.21. The van der Waals surface area contributed by atoms with Crippen LogP contribution >= 0.6 is 47.5 Å². The summed E-state index contributed by atoms with van der Waals surface area (Å²) in [5.41, 5.74) is 5.30. The molecular formula is C5H6INS2. The molecule has 1 nitrogen and oxygen atoms in total. The Morgan fingerprint density at radius 2 is 2.33 bits per heavy atom. The largest absolute Gasteiger partial charge is 0.389 e. The minimum absolute atomic E-state index is 0. The molecule has 1 aromatic heterocycles. The fraction of sp³-hybridized carbons (Fsp3) is 0. The zero-order chi connectivity index (χ0) is 5.98. The van der Waals surface area contributed by atoms with Crippen LogP contribution in [0.3, 0.4) is 0 Å². The Morgan fingerprint density at radius 3 is 2.56 bits per heavy atom. The van der Waals surface area contributed by atoms with Crippen molar-refractivity contribution in [1.82, 2.24) is 0 Å². The maximum Gasteiger partial charge on any atom is 0.114 e. The maximum absolute atomic E-state index is 5.30. The summed E-state index contributed by atoms with van der Waals surface area (Å²) in [6, 6.07) is 3.84. The first-order chi connectivity index (χ1) is 3.80. The van der Waals surface area contributed by atoms with Gasteiger partial charge < -0.3 is 5.73 Å². The number of hydrogen-bond acceptors (Lipinski definition) is 2. The second kappa shape index (κ2) is 4.19. The molecule has 0 aliphatic carbocycles. The highest BCUT2D eigenvalue weighted by molar-refractivity contribution is 14.0. The zero-order valence-electron chi connectivity index (χ0n) is 4.53. The van der Waals surface area contributed by atoms with Gasteiger partial charge in [0.2, 0.25) is 0 Å². The maximum atomic E-state index is 5.30. The highest BCUT2D eigenvalue weighted by atomic mass is 127. The lowest BCUT2D eigenvalue weighted by molar-refractivity contribution is 1.79.